The highest BCUT2D eigenvalue weighted by Crippen LogP contribution is 2.29. The first-order chi connectivity index (χ1) is 10.6. The van der Waals surface area contributed by atoms with Gasteiger partial charge in [0.05, 0.1) is 12.8 Å². The van der Waals surface area contributed by atoms with Gasteiger partial charge >= 0.3 is 5.97 Å². The molecular weight excluding hydrogens is 286 g/mol. The zero-order valence-electron chi connectivity index (χ0n) is 12.4. The van der Waals surface area contributed by atoms with Gasteiger partial charge in [-0.3, -0.25) is 4.79 Å². The summed E-state index contributed by atoms with van der Waals surface area (Å²) < 4.78 is 10.8. The number of carboxylic acid groups (broad SMARTS) is 1. The van der Waals surface area contributed by atoms with Gasteiger partial charge in [-0.2, -0.15) is 0 Å². The molecule has 2 atom stereocenters. The van der Waals surface area contributed by atoms with Crippen LogP contribution in [0.2, 0.25) is 0 Å². The van der Waals surface area contributed by atoms with Crippen LogP contribution in [0.15, 0.2) is 22.8 Å². The fraction of sp³-hybridized carbons (Fsp3) is 0.625. The van der Waals surface area contributed by atoms with Crippen molar-refractivity contribution in [3.05, 3.63) is 24.2 Å². The van der Waals surface area contributed by atoms with Gasteiger partial charge in [-0.25, -0.2) is 4.79 Å². The van der Waals surface area contributed by atoms with Crippen LogP contribution < -0.4 is 0 Å². The van der Waals surface area contributed by atoms with E-state index in [2.05, 4.69) is 0 Å². The molecule has 0 aromatic carbocycles. The van der Waals surface area contributed by atoms with Crippen LogP contribution in [0.3, 0.4) is 0 Å². The first kappa shape index (κ1) is 15.1. The molecule has 120 valence electrons. The molecule has 3 rings (SSSR count). The molecule has 6 nitrogen and oxygen atoms in total. The summed E-state index contributed by atoms with van der Waals surface area (Å²) in [6.07, 6.45) is 5.18. The molecule has 2 aliphatic rings. The van der Waals surface area contributed by atoms with E-state index in [1.54, 1.807) is 12.3 Å². The Kier molecular flexibility index (Phi) is 4.47. The van der Waals surface area contributed by atoms with Gasteiger partial charge in [-0.1, -0.05) is 12.8 Å². The summed E-state index contributed by atoms with van der Waals surface area (Å²) in [5, 5.41) is 9.01. The lowest BCUT2D eigenvalue weighted by Gasteiger charge is -2.30. The highest BCUT2D eigenvalue weighted by molar-refractivity contribution is 5.83. The number of nitrogens with zero attached hydrogens (tertiary/aromatic N) is 1. The smallest absolute Gasteiger partial charge is 0.332 e. The number of carbonyl (C=O) groups excluding carboxylic acids is 1. The molecule has 1 N–H and O–H groups in total. The number of rotatable bonds is 5. The number of carbonyl (C=O) groups is 2. The average molecular weight is 307 g/mol. The van der Waals surface area contributed by atoms with Gasteiger partial charge in [0, 0.05) is 6.04 Å². The maximum atomic E-state index is 12.8. The molecule has 0 bridgehead atoms. The van der Waals surface area contributed by atoms with Crippen molar-refractivity contribution < 1.29 is 23.8 Å². The number of furan rings is 1. The van der Waals surface area contributed by atoms with Gasteiger partial charge in [0.2, 0.25) is 0 Å². The lowest BCUT2D eigenvalue weighted by atomic mass is 10.1. The zero-order valence-corrected chi connectivity index (χ0v) is 12.4. The number of carboxylic acids is 1. The highest BCUT2D eigenvalue weighted by atomic mass is 16.5. The second-order valence-corrected chi connectivity index (χ2v) is 6.01. The van der Waals surface area contributed by atoms with Gasteiger partial charge in [0.25, 0.3) is 5.91 Å². The maximum Gasteiger partial charge on any atom is 0.332 e. The van der Waals surface area contributed by atoms with Crippen molar-refractivity contribution in [2.24, 2.45) is 0 Å². The summed E-state index contributed by atoms with van der Waals surface area (Å²) in [6, 6.07) is 3.86. The number of hydrogen-bond donors (Lipinski definition) is 1. The van der Waals surface area contributed by atoms with Gasteiger partial charge < -0.3 is 19.2 Å². The Morgan fingerprint density at radius 2 is 1.91 bits per heavy atom. The topological polar surface area (TPSA) is 80.0 Å². The SMILES string of the molecule is O=C(O)[C@H]1CC[C@@H](C(=O)N(Cc2ccco2)C2CCCC2)O1. The third-order valence-electron chi connectivity index (χ3n) is 4.53. The van der Waals surface area contributed by atoms with Crippen molar-refractivity contribution in [3.63, 3.8) is 0 Å². The third-order valence-corrected chi connectivity index (χ3v) is 4.53. The molecule has 2 heterocycles. The van der Waals surface area contributed by atoms with E-state index in [0.29, 0.717) is 19.4 Å². The molecule has 1 aromatic heterocycles. The summed E-state index contributed by atoms with van der Waals surface area (Å²) in [7, 11) is 0. The number of ether oxygens (including phenoxy) is 1. The Balaban J connectivity index is 1.70. The molecular formula is C16H21NO5. The average Bonchev–Trinajstić information content (AvgIpc) is 3.24. The van der Waals surface area contributed by atoms with Crippen LogP contribution in [0.4, 0.5) is 0 Å². The summed E-state index contributed by atoms with van der Waals surface area (Å²) in [5.41, 5.74) is 0. The Hall–Kier alpha value is -1.82. The second kappa shape index (κ2) is 6.52. The van der Waals surface area contributed by atoms with Gasteiger partial charge in [-0.05, 0) is 37.8 Å². The molecule has 2 fully saturated rings. The van der Waals surface area contributed by atoms with Crippen LogP contribution >= 0.6 is 0 Å². The third kappa shape index (κ3) is 3.16. The molecule has 22 heavy (non-hydrogen) atoms. The van der Waals surface area contributed by atoms with Crippen LogP contribution in [0, 0.1) is 0 Å². The number of hydrogen-bond acceptors (Lipinski definition) is 4. The second-order valence-electron chi connectivity index (χ2n) is 6.01. The molecule has 1 saturated heterocycles. The van der Waals surface area contributed by atoms with Crippen molar-refractivity contribution in [3.8, 4) is 0 Å². The minimum Gasteiger partial charge on any atom is -0.479 e. The molecule has 1 aliphatic carbocycles. The van der Waals surface area contributed by atoms with Crippen LogP contribution in [-0.2, 0) is 20.9 Å². The normalized spacial score (nSPS) is 25.5. The molecule has 6 heteroatoms. The summed E-state index contributed by atoms with van der Waals surface area (Å²) in [4.78, 5) is 25.6. The van der Waals surface area contributed by atoms with E-state index in [0.717, 1.165) is 31.4 Å². The minimum absolute atomic E-state index is 0.105. The molecule has 0 unspecified atom stereocenters. The first-order valence-electron chi connectivity index (χ1n) is 7.86. The first-order valence-corrected chi connectivity index (χ1v) is 7.86. The monoisotopic (exact) mass is 307 g/mol. The van der Waals surface area contributed by atoms with Crippen LogP contribution in [0.25, 0.3) is 0 Å². The van der Waals surface area contributed by atoms with Gasteiger partial charge in [0.15, 0.2) is 6.10 Å². The van der Waals surface area contributed by atoms with Crippen LogP contribution in [0.5, 0.6) is 0 Å². The minimum atomic E-state index is -0.992. The maximum absolute atomic E-state index is 12.8. The predicted molar refractivity (Wildman–Crippen MR) is 77.0 cm³/mol. The number of aliphatic carboxylic acids is 1. The predicted octanol–water partition coefficient (Wildman–Crippen LogP) is 2.18. The highest BCUT2D eigenvalue weighted by Gasteiger charge is 2.39. The Labute approximate surface area is 129 Å². The Morgan fingerprint density at radius 3 is 2.50 bits per heavy atom. The summed E-state index contributed by atoms with van der Waals surface area (Å²) >= 11 is 0. The van der Waals surface area contributed by atoms with Crippen molar-refractivity contribution in [2.75, 3.05) is 0 Å². The fourth-order valence-electron chi connectivity index (χ4n) is 3.36. The molecule has 0 radical (unpaired) electrons. The van der Waals surface area contributed by atoms with Gasteiger partial charge in [-0.15, -0.1) is 0 Å². The lowest BCUT2D eigenvalue weighted by Crippen LogP contribution is -2.44. The van der Waals surface area contributed by atoms with E-state index in [1.807, 2.05) is 11.0 Å². The van der Waals surface area contributed by atoms with Crippen LogP contribution in [-0.4, -0.2) is 40.1 Å². The molecule has 1 amide bonds. The fourth-order valence-corrected chi connectivity index (χ4v) is 3.36. The summed E-state index contributed by atoms with van der Waals surface area (Å²) in [6.45, 7) is 0.425. The summed E-state index contributed by atoms with van der Waals surface area (Å²) in [5.74, 6) is -0.353. The molecule has 1 aromatic rings. The standard InChI is InChI=1S/C16H21NO5/c18-15(13-7-8-14(22-13)16(19)20)17(11-4-1-2-5-11)10-12-6-3-9-21-12/h3,6,9,11,13-14H,1-2,4-5,7-8,10H2,(H,19,20)/t13-,14+/m0/s1. The molecule has 1 saturated carbocycles. The quantitative estimate of drug-likeness (QED) is 0.902. The van der Waals surface area contributed by atoms with Crippen LogP contribution in [0.1, 0.15) is 44.3 Å². The van der Waals surface area contributed by atoms with Crippen molar-refractivity contribution in [2.45, 2.75) is 63.3 Å². The van der Waals surface area contributed by atoms with E-state index in [-0.39, 0.29) is 11.9 Å². The van der Waals surface area contributed by atoms with E-state index >= 15 is 0 Å². The van der Waals surface area contributed by atoms with E-state index in [4.69, 9.17) is 14.3 Å². The van der Waals surface area contributed by atoms with E-state index in [1.165, 1.54) is 0 Å². The Bertz CT molecular complexity index is 521. The zero-order chi connectivity index (χ0) is 15.5. The Morgan fingerprint density at radius 1 is 1.18 bits per heavy atom. The molecule has 1 aliphatic heterocycles. The van der Waals surface area contributed by atoms with Gasteiger partial charge in [0.1, 0.15) is 11.9 Å². The van der Waals surface area contributed by atoms with E-state index < -0.39 is 18.2 Å². The van der Waals surface area contributed by atoms with Crippen molar-refractivity contribution in [1.29, 1.82) is 0 Å². The van der Waals surface area contributed by atoms with E-state index in [9.17, 15) is 9.59 Å². The number of amides is 1. The lowest BCUT2D eigenvalue weighted by molar-refractivity contribution is -0.156. The largest absolute Gasteiger partial charge is 0.479 e. The van der Waals surface area contributed by atoms with Crippen molar-refractivity contribution >= 4 is 11.9 Å². The molecule has 0 spiro atoms. The van der Waals surface area contributed by atoms with Crippen molar-refractivity contribution in [1.82, 2.24) is 4.90 Å².